The normalized spacial score (nSPS) is 49.3. The molecule has 5 heteroatoms. The van der Waals surface area contributed by atoms with Crippen LogP contribution in [0.4, 0.5) is 0 Å². The van der Waals surface area contributed by atoms with E-state index in [1.807, 2.05) is 12.2 Å². The van der Waals surface area contributed by atoms with Crippen LogP contribution in [0, 0.1) is 35.0 Å². The van der Waals surface area contributed by atoms with E-state index in [1.54, 1.807) is 0 Å². The Balaban J connectivity index is 1.67. The summed E-state index contributed by atoms with van der Waals surface area (Å²) in [6.07, 6.45) is 7.14. The molecule has 2 N–H and O–H groups in total. The van der Waals surface area contributed by atoms with Crippen LogP contribution in [0.25, 0.3) is 0 Å². The minimum Gasteiger partial charge on any atom is -0.481 e. The molecule has 2 aliphatic heterocycles. The maximum absolute atomic E-state index is 12.2. The predicted molar refractivity (Wildman–Crippen MR) is 79.2 cm³/mol. The molecule has 0 aromatic heterocycles. The van der Waals surface area contributed by atoms with Gasteiger partial charge in [-0.3, -0.25) is 9.59 Å². The smallest absolute Gasteiger partial charge is 0.313 e. The molecule has 0 aromatic rings. The van der Waals surface area contributed by atoms with Crippen molar-refractivity contribution in [3.8, 4) is 0 Å². The van der Waals surface area contributed by atoms with Crippen molar-refractivity contribution in [1.29, 1.82) is 0 Å². The lowest BCUT2D eigenvalue weighted by Crippen LogP contribution is -2.47. The third-order valence-corrected chi connectivity index (χ3v) is 6.80. The van der Waals surface area contributed by atoms with Crippen molar-refractivity contribution in [2.75, 3.05) is 19.6 Å². The average molecular weight is 305 g/mol. The third-order valence-electron chi connectivity index (χ3n) is 6.80. The fraction of sp³-hybridized carbons (Fsp3) is 0.765. The van der Waals surface area contributed by atoms with Crippen molar-refractivity contribution in [1.82, 2.24) is 4.90 Å². The highest BCUT2D eigenvalue weighted by molar-refractivity contribution is 5.79. The number of nitrogens with zero attached hydrogens (tertiary/aromatic N) is 1. The van der Waals surface area contributed by atoms with E-state index in [2.05, 4.69) is 4.90 Å². The minimum atomic E-state index is -0.848. The molecule has 5 nitrogen and oxygen atoms in total. The zero-order chi connectivity index (χ0) is 15.5. The summed E-state index contributed by atoms with van der Waals surface area (Å²) in [5, 5.41) is 19.5. The first-order chi connectivity index (χ1) is 10.5. The molecule has 4 rings (SSSR count). The lowest BCUT2D eigenvalue weighted by atomic mass is 9.60. The van der Waals surface area contributed by atoms with E-state index in [-0.39, 0.29) is 23.7 Å². The van der Waals surface area contributed by atoms with Crippen LogP contribution in [0.1, 0.15) is 25.7 Å². The molecule has 2 aliphatic carbocycles. The van der Waals surface area contributed by atoms with Crippen molar-refractivity contribution in [2.24, 2.45) is 35.0 Å². The summed E-state index contributed by atoms with van der Waals surface area (Å²) >= 11 is 0. The quantitative estimate of drug-likeness (QED) is 0.776. The minimum absolute atomic E-state index is 0.00673. The zero-order valence-corrected chi connectivity index (χ0v) is 12.6. The number of piperidine rings is 1. The highest BCUT2D eigenvalue weighted by Gasteiger charge is 2.57. The van der Waals surface area contributed by atoms with E-state index in [0.29, 0.717) is 18.8 Å². The molecular formula is C17H23NO4. The van der Waals surface area contributed by atoms with Gasteiger partial charge in [0.2, 0.25) is 0 Å². The van der Waals surface area contributed by atoms with Crippen molar-refractivity contribution in [3.63, 3.8) is 0 Å². The number of fused-ring (bicyclic) bond motifs is 3. The first-order valence-corrected chi connectivity index (χ1v) is 8.39. The zero-order valence-electron chi connectivity index (χ0n) is 12.6. The summed E-state index contributed by atoms with van der Waals surface area (Å²) < 4.78 is 0. The first-order valence-electron chi connectivity index (χ1n) is 8.39. The second-order valence-electron chi connectivity index (χ2n) is 7.67. The highest BCUT2D eigenvalue weighted by atomic mass is 16.4. The van der Waals surface area contributed by atoms with Gasteiger partial charge in [0.15, 0.2) is 0 Å². The van der Waals surface area contributed by atoms with Gasteiger partial charge in [-0.15, -0.1) is 0 Å². The molecule has 22 heavy (non-hydrogen) atoms. The van der Waals surface area contributed by atoms with Crippen LogP contribution < -0.4 is 0 Å². The Kier molecular flexibility index (Phi) is 3.12. The summed E-state index contributed by atoms with van der Waals surface area (Å²) in [5.74, 6) is -1.02. The predicted octanol–water partition coefficient (Wildman–Crippen LogP) is 1.70. The van der Waals surface area contributed by atoms with Gasteiger partial charge in [0.25, 0.3) is 0 Å². The molecule has 0 radical (unpaired) electrons. The second kappa shape index (κ2) is 4.82. The van der Waals surface area contributed by atoms with E-state index >= 15 is 0 Å². The fourth-order valence-corrected chi connectivity index (χ4v) is 5.65. The second-order valence-corrected chi connectivity index (χ2v) is 7.67. The number of rotatable bonds is 3. The number of allylic oxidation sites excluding steroid dienone is 1. The lowest BCUT2D eigenvalue weighted by molar-refractivity contribution is -0.154. The van der Waals surface area contributed by atoms with Crippen LogP contribution in [0.2, 0.25) is 0 Å². The van der Waals surface area contributed by atoms with E-state index in [0.717, 1.165) is 32.5 Å². The summed E-state index contributed by atoms with van der Waals surface area (Å²) in [6, 6.07) is 0. The Morgan fingerprint density at radius 2 is 1.95 bits per heavy atom. The Hall–Kier alpha value is -1.36. The highest BCUT2D eigenvalue weighted by Crippen LogP contribution is 2.55. The number of carbonyl (C=O) groups is 2. The van der Waals surface area contributed by atoms with Crippen molar-refractivity contribution >= 4 is 11.9 Å². The Bertz CT molecular complexity index is 545. The molecule has 1 saturated carbocycles. The maximum Gasteiger partial charge on any atom is 0.313 e. The molecule has 7 unspecified atom stereocenters. The summed E-state index contributed by atoms with van der Waals surface area (Å²) in [7, 11) is 0. The number of carboxylic acid groups (broad SMARTS) is 2. The summed E-state index contributed by atoms with van der Waals surface area (Å²) in [4.78, 5) is 26.1. The van der Waals surface area contributed by atoms with Gasteiger partial charge in [0.1, 0.15) is 0 Å². The Labute approximate surface area is 130 Å². The Morgan fingerprint density at radius 3 is 2.55 bits per heavy atom. The monoisotopic (exact) mass is 305 g/mol. The van der Waals surface area contributed by atoms with Gasteiger partial charge >= 0.3 is 11.9 Å². The van der Waals surface area contributed by atoms with Crippen molar-refractivity contribution < 1.29 is 19.8 Å². The molecule has 7 atom stereocenters. The standard InChI is InChI=1S/C17H23NO4/c19-15(20)12-2-1-10-3-5-17(16(21)22,7-13(10)12)14-9-18-6-4-11(14)8-18/h3,5,10-14H,1-2,4,6-9H2,(H,19,20)(H,21,22). The molecule has 0 amide bonds. The van der Waals surface area contributed by atoms with Crippen molar-refractivity contribution in [2.45, 2.75) is 25.7 Å². The van der Waals surface area contributed by atoms with Crippen LogP contribution >= 0.6 is 0 Å². The molecule has 2 bridgehead atoms. The molecule has 0 spiro atoms. The molecular weight excluding hydrogens is 282 g/mol. The number of hydrogen-bond donors (Lipinski definition) is 2. The van der Waals surface area contributed by atoms with Crippen molar-refractivity contribution in [3.05, 3.63) is 12.2 Å². The van der Waals surface area contributed by atoms with E-state index < -0.39 is 17.4 Å². The average Bonchev–Trinajstić information content (AvgIpc) is 3.20. The number of carboxylic acids is 2. The number of aliphatic carboxylic acids is 2. The molecule has 4 aliphatic rings. The summed E-state index contributed by atoms with van der Waals surface area (Å²) in [6.45, 7) is 2.96. The van der Waals surface area contributed by atoms with Crippen LogP contribution in [0.3, 0.4) is 0 Å². The largest absolute Gasteiger partial charge is 0.481 e. The van der Waals surface area contributed by atoms with Gasteiger partial charge in [-0.25, -0.2) is 0 Å². The third kappa shape index (κ3) is 1.87. The van der Waals surface area contributed by atoms with E-state index in [4.69, 9.17) is 0 Å². The maximum atomic E-state index is 12.2. The molecule has 2 saturated heterocycles. The molecule has 2 heterocycles. The van der Waals surface area contributed by atoms with Crippen LogP contribution in [0.5, 0.6) is 0 Å². The van der Waals surface area contributed by atoms with Gasteiger partial charge in [-0.2, -0.15) is 0 Å². The van der Waals surface area contributed by atoms with Gasteiger partial charge in [-0.1, -0.05) is 12.2 Å². The Morgan fingerprint density at radius 1 is 1.14 bits per heavy atom. The fourth-order valence-electron chi connectivity index (χ4n) is 5.65. The van der Waals surface area contributed by atoms with Crippen LogP contribution in [-0.2, 0) is 9.59 Å². The molecule has 120 valence electrons. The first kappa shape index (κ1) is 14.2. The van der Waals surface area contributed by atoms with Crippen LogP contribution in [-0.4, -0.2) is 46.7 Å². The SMILES string of the molecule is O=C(O)C1CCC2C=CC(C(=O)O)(C3CN4CCC3C4)CC21. The summed E-state index contributed by atoms with van der Waals surface area (Å²) in [5.41, 5.74) is -0.848. The lowest BCUT2D eigenvalue weighted by Gasteiger charge is -2.43. The van der Waals surface area contributed by atoms with E-state index in [1.165, 1.54) is 0 Å². The van der Waals surface area contributed by atoms with Crippen LogP contribution in [0.15, 0.2) is 12.2 Å². The number of hydrogen-bond acceptors (Lipinski definition) is 3. The van der Waals surface area contributed by atoms with Gasteiger partial charge in [0.05, 0.1) is 11.3 Å². The molecule has 0 aromatic carbocycles. The van der Waals surface area contributed by atoms with Gasteiger partial charge < -0.3 is 15.1 Å². The van der Waals surface area contributed by atoms with E-state index in [9.17, 15) is 19.8 Å². The topological polar surface area (TPSA) is 77.8 Å². The molecule has 3 fully saturated rings. The van der Waals surface area contributed by atoms with Gasteiger partial charge in [-0.05, 0) is 55.9 Å². The van der Waals surface area contributed by atoms with Gasteiger partial charge in [0, 0.05) is 13.1 Å².